The first-order valence-corrected chi connectivity index (χ1v) is 5.61. The number of carbonyl (C=O) groups excluding carboxylic acids is 1. The standard InChI is InChI=1S/C13H12N2O2/c14-12(16)9-6-3-7-10-11(9)15-13(17-10)8-4-1-2-5-8/h1,3-4,6-8H,2,5H2,(H2,14,16). The zero-order valence-corrected chi connectivity index (χ0v) is 9.22. The third-order valence-electron chi connectivity index (χ3n) is 3.03. The van der Waals surface area contributed by atoms with Crippen LogP contribution in [-0.4, -0.2) is 10.9 Å². The van der Waals surface area contributed by atoms with Crippen LogP contribution < -0.4 is 5.73 Å². The van der Waals surface area contributed by atoms with Crippen LogP contribution in [0.2, 0.25) is 0 Å². The number of para-hydroxylation sites is 1. The molecule has 17 heavy (non-hydrogen) atoms. The second-order valence-corrected chi connectivity index (χ2v) is 4.18. The summed E-state index contributed by atoms with van der Waals surface area (Å²) >= 11 is 0. The second kappa shape index (κ2) is 3.73. The van der Waals surface area contributed by atoms with Gasteiger partial charge in [-0.2, -0.15) is 0 Å². The van der Waals surface area contributed by atoms with Crippen molar-refractivity contribution >= 4 is 17.0 Å². The minimum Gasteiger partial charge on any atom is -0.440 e. The summed E-state index contributed by atoms with van der Waals surface area (Å²) < 4.78 is 5.67. The topological polar surface area (TPSA) is 69.1 Å². The van der Waals surface area contributed by atoms with Gasteiger partial charge in [0.05, 0.1) is 11.5 Å². The maximum absolute atomic E-state index is 11.3. The summed E-state index contributed by atoms with van der Waals surface area (Å²) in [5, 5.41) is 0. The van der Waals surface area contributed by atoms with Gasteiger partial charge in [0.1, 0.15) is 5.52 Å². The molecule has 4 heteroatoms. The summed E-state index contributed by atoms with van der Waals surface area (Å²) in [5.74, 6) is 0.419. The van der Waals surface area contributed by atoms with Gasteiger partial charge in [0, 0.05) is 0 Å². The van der Waals surface area contributed by atoms with Gasteiger partial charge in [-0.1, -0.05) is 18.2 Å². The third kappa shape index (κ3) is 1.62. The molecule has 1 aromatic heterocycles. The normalized spacial score (nSPS) is 18.9. The van der Waals surface area contributed by atoms with E-state index in [0.717, 1.165) is 12.8 Å². The molecule has 0 fully saturated rings. The molecule has 0 radical (unpaired) electrons. The molecule has 0 saturated carbocycles. The van der Waals surface area contributed by atoms with Crippen molar-refractivity contribution in [2.75, 3.05) is 0 Å². The summed E-state index contributed by atoms with van der Waals surface area (Å²) in [7, 11) is 0. The van der Waals surface area contributed by atoms with Crippen LogP contribution in [0.25, 0.3) is 11.1 Å². The molecule has 0 aliphatic heterocycles. The van der Waals surface area contributed by atoms with E-state index < -0.39 is 5.91 Å². The van der Waals surface area contributed by atoms with Gasteiger partial charge in [-0.3, -0.25) is 4.79 Å². The van der Waals surface area contributed by atoms with Gasteiger partial charge >= 0.3 is 0 Å². The Balaban J connectivity index is 2.15. The van der Waals surface area contributed by atoms with Gasteiger partial charge in [0.2, 0.25) is 5.89 Å². The summed E-state index contributed by atoms with van der Waals surface area (Å²) in [4.78, 5) is 15.7. The number of amides is 1. The van der Waals surface area contributed by atoms with Gasteiger partial charge in [0.15, 0.2) is 5.58 Å². The van der Waals surface area contributed by atoms with Crippen molar-refractivity contribution in [2.24, 2.45) is 5.73 Å². The van der Waals surface area contributed by atoms with Gasteiger partial charge < -0.3 is 10.2 Å². The van der Waals surface area contributed by atoms with Crippen LogP contribution in [0.1, 0.15) is 35.0 Å². The van der Waals surface area contributed by atoms with E-state index in [1.165, 1.54) is 0 Å². The van der Waals surface area contributed by atoms with Gasteiger partial charge in [0.25, 0.3) is 5.91 Å². The highest BCUT2D eigenvalue weighted by Crippen LogP contribution is 2.30. The van der Waals surface area contributed by atoms with Crippen molar-refractivity contribution in [1.82, 2.24) is 4.98 Å². The minimum atomic E-state index is -0.475. The molecule has 1 unspecified atom stereocenters. The highest BCUT2D eigenvalue weighted by Gasteiger charge is 2.20. The first kappa shape index (κ1) is 10.1. The Labute approximate surface area is 98.1 Å². The maximum atomic E-state index is 11.3. The second-order valence-electron chi connectivity index (χ2n) is 4.18. The predicted octanol–water partition coefficient (Wildman–Crippen LogP) is 2.36. The highest BCUT2D eigenvalue weighted by molar-refractivity contribution is 6.03. The first-order chi connectivity index (χ1) is 8.25. The number of aromatic nitrogens is 1. The molecule has 2 N–H and O–H groups in total. The number of fused-ring (bicyclic) bond motifs is 1. The molecule has 86 valence electrons. The molecular weight excluding hydrogens is 216 g/mol. The number of nitrogens with two attached hydrogens (primary N) is 1. The minimum absolute atomic E-state index is 0.225. The number of carbonyl (C=O) groups is 1. The van der Waals surface area contributed by atoms with E-state index in [0.29, 0.717) is 22.6 Å². The average molecular weight is 228 g/mol. The highest BCUT2D eigenvalue weighted by atomic mass is 16.3. The molecule has 2 aromatic rings. The van der Waals surface area contributed by atoms with Crippen molar-refractivity contribution in [1.29, 1.82) is 0 Å². The molecule has 1 aliphatic rings. The Bertz CT molecular complexity index is 613. The van der Waals surface area contributed by atoms with E-state index >= 15 is 0 Å². The molecule has 0 spiro atoms. The molecule has 3 rings (SSSR count). The number of benzene rings is 1. The van der Waals surface area contributed by atoms with E-state index in [1.807, 2.05) is 0 Å². The molecule has 0 saturated heterocycles. The molecule has 1 aliphatic carbocycles. The molecule has 1 heterocycles. The Morgan fingerprint density at radius 1 is 1.47 bits per heavy atom. The Morgan fingerprint density at radius 3 is 3.06 bits per heavy atom. The molecule has 1 amide bonds. The fraction of sp³-hybridized carbons (Fsp3) is 0.231. The molecular formula is C13H12N2O2. The molecule has 1 aromatic carbocycles. The lowest BCUT2D eigenvalue weighted by molar-refractivity contribution is 0.100. The lowest BCUT2D eigenvalue weighted by atomic mass is 10.1. The predicted molar refractivity (Wildman–Crippen MR) is 63.6 cm³/mol. The van der Waals surface area contributed by atoms with E-state index in [2.05, 4.69) is 17.1 Å². The Hall–Kier alpha value is -2.10. The summed E-state index contributed by atoms with van der Waals surface area (Å²) in [6.45, 7) is 0. The molecule has 4 nitrogen and oxygen atoms in total. The van der Waals surface area contributed by atoms with E-state index in [1.54, 1.807) is 18.2 Å². The smallest absolute Gasteiger partial charge is 0.251 e. The zero-order valence-electron chi connectivity index (χ0n) is 9.22. The van der Waals surface area contributed by atoms with Crippen molar-refractivity contribution in [2.45, 2.75) is 18.8 Å². The van der Waals surface area contributed by atoms with Crippen LogP contribution in [0.15, 0.2) is 34.8 Å². The first-order valence-electron chi connectivity index (χ1n) is 5.61. The molecule has 0 bridgehead atoms. The van der Waals surface area contributed by atoms with Crippen molar-refractivity contribution in [3.63, 3.8) is 0 Å². The largest absolute Gasteiger partial charge is 0.440 e. The van der Waals surface area contributed by atoms with Crippen LogP contribution in [-0.2, 0) is 0 Å². The fourth-order valence-electron chi connectivity index (χ4n) is 2.16. The Kier molecular flexibility index (Phi) is 2.21. The average Bonchev–Trinajstić information content (AvgIpc) is 2.96. The van der Waals surface area contributed by atoms with Crippen LogP contribution in [0, 0.1) is 0 Å². The fourth-order valence-corrected chi connectivity index (χ4v) is 2.16. The van der Waals surface area contributed by atoms with Crippen LogP contribution in [0.4, 0.5) is 0 Å². The van der Waals surface area contributed by atoms with E-state index in [9.17, 15) is 4.79 Å². The van der Waals surface area contributed by atoms with Gasteiger partial charge in [-0.25, -0.2) is 4.98 Å². The summed E-state index contributed by atoms with van der Waals surface area (Å²) in [6, 6.07) is 5.22. The SMILES string of the molecule is NC(=O)c1cccc2oc(C3C=CCC3)nc12. The lowest BCUT2D eigenvalue weighted by Crippen LogP contribution is -2.11. The lowest BCUT2D eigenvalue weighted by Gasteiger charge is -1.98. The molecule has 1 atom stereocenters. The number of nitrogens with zero attached hydrogens (tertiary/aromatic N) is 1. The Morgan fingerprint density at radius 2 is 2.35 bits per heavy atom. The number of allylic oxidation sites excluding steroid dienone is 2. The number of oxazole rings is 1. The van der Waals surface area contributed by atoms with E-state index in [-0.39, 0.29) is 5.92 Å². The maximum Gasteiger partial charge on any atom is 0.251 e. The number of hydrogen-bond donors (Lipinski definition) is 1. The van der Waals surface area contributed by atoms with Crippen molar-refractivity contribution in [3.05, 3.63) is 41.8 Å². The summed E-state index contributed by atoms with van der Waals surface area (Å²) in [6.07, 6.45) is 6.27. The van der Waals surface area contributed by atoms with Crippen LogP contribution in [0.3, 0.4) is 0 Å². The van der Waals surface area contributed by atoms with Crippen LogP contribution >= 0.6 is 0 Å². The third-order valence-corrected chi connectivity index (χ3v) is 3.03. The number of rotatable bonds is 2. The quantitative estimate of drug-likeness (QED) is 0.802. The van der Waals surface area contributed by atoms with Crippen molar-refractivity contribution in [3.8, 4) is 0 Å². The monoisotopic (exact) mass is 228 g/mol. The van der Waals surface area contributed by atoms with Crippen LogP contribution in [0.5, 0.6) is 0 Å². The zero-order chi connectivity index (χ0) is 11.8. The number of primary amides is 1. The van der Waals surface area contributed by atoms with Gasteiger partial charge in [-0.05, 0) is 25.0 Å². The summed E-state index contributed by atoms with van der Waals surface area (Å²) in [5.41, 5.74) is 6.91. The van der Waals surface area contributed by atoms with Gasteiger partial charge in [-0.15, -0.1) is 0 Å². The van der Waals surface area contributed by atoms with Crippen molar-refractivity contribution < 1.29 is 9.21 Å². The number of hydrogen-bond acceptors (Lipinski definition) is 3. The van der Waals surface area contributed by atoms with E-state index in [4.69, 9.17) is 10.2 Å².